The Hall–Kier alpha value is -4.28. The van der Waals surface area contributed by atoms with Crippen LogP contribution in [-0.4, -0.2) is 17.3 Å². The van der Waals surface area contributed by atoms with Gasteiger partial charge >= 0.3 is 7.69 Å². The molecule has 6 aromatic rings. The van der Waals surface area contributed by atoms with Crippen molar-refractivity contribution in [3.8, 4) is 11.4 Å². The van der Waals surface area contributed by atoms with Gasteiger partial charge < -0.3 is 14.2 Å². The largest absolute Gasteiger partial charge is 0.539 e. The highest BCUT2D eigenvalue weighted by molar-refractivity contribution is 6.18. The SMILES string of the molecule is Cc1ccc(C2(c3ccc(C)cc3)c3ccccc3-n3c4ccc(OBO)cc4c4cccc2c43)cc1. The van der Waals surface area contributed by atoms with Crippen LogP contribution < -0.4 is 4.65 Å². The summed E-state index contributed by atoms with van der Waals surface area (Å²) in [6, 6.07) is 39.6. The van der Waals surface area contributed by atoms with Gasteiger partial charge in [-0.05, 0) is 60.4 Å². The van der Waals surface area contributed by atoms with Crippen molar-refractivity contribution in [3.05, 3.63) is 143 Å². The molecule has 1 aliphatic rings. The minimum Gasteiger partial charge on any atom is -0.539 e. The van der Waals surface area contributed by atoms with E-state index in [0.717, 1.165) is 10.9 Å². The average molecular weight is 479 g/mol. The van der Waals surface area contributed by atoms with Gasteiger partial charge in [0.05, 0.1) is 22.1 Å². The van der Waals surface area contributed by atoms with Crippen LogP contribution in [0.2, 0.25) is 0 Å². The van der Waals surface area contributed by atoms with E-state index in [1.54, 1.807) is 0 Å². The third kappa shape index (κ3) is 3.00. The Morgan fingerprint density at radius 3 is 2.00 bits per heavy atom. The maximum Gasteiger partial charge on any atom is 0.504 e. The summed E-state index contributed by atoms with van der Waals surface area (Å²) in [5.74, 6) is 0.662. The summed E-state index contributed by atoms with van der Waals surface area (Å²) in [6.45, 7) is 4.28. The summed E-state index contributed by atoms with van der Waals surface area (Å²) < 4.78 is 7.87. The fraction of sp³-hybridized carbons (Fsp3) is 0.0909. The molecular weight excluding hydrogens is 453 g/mol. The molecule has 4 heteroatoms. The molecule has 0 amide bonds. The van der Waals surface area contributed by atoms with Crippen molar-refractivity contribution < 1.29 is 9.68 Å². The van der Waals surface area contributed by atoms with E-state index in [1.807, 2.05) is 12.1 Å². The highest BCUT2D eigenvalue weighted by Gasteiger charge is 2.45. The topological polar surface area (TPSA) is 34.4 Å². The Morgan fingerprint density at radius 1 is 0.676 bits per heavy atom. The molecule has 0 unspecified atom stereocenters. The minimum absolute atomic E-state index is 0.345. The zero-order chi connectivity index (χ0) is 25.1. The maximum atomic E-state index is 9.37. The van der Waals surface area contributed by atoms with Gasteiger partial charge in [0.1, 0.15) is 5.75 Å². The third-order valence-electron chi connectivity index (χ3n) is 7.91. The van der Waals surface area contributed by atoms with E-state index in [1.165, 1.54) is 50.0 Å². The summed E-state index contributed by atoms with van der Waals surface area (Å²) in [6.07, 6.45) is 0. The predicted molar refractivity (Wildman–Crippen MR) is 152 cm³/mol. The molecule has 3 nitrogen and oxygen atoms in total. The number of aromatic nitrogens is 1. The second-order valence-corrected chi connectivity index (χ2v) is 9.99. The minimum atomic E-state index is -0.480. The number of aryl methyl sites for hydroxylation is 2. The van der Waals surface area contributed by atoms with Crippen LogP contribution in [0.15, 0.2) is 109 Å². The number of benzene rings is 5. The number of nitrogens with zero attached hydrogens (tertiary/aromatic N) is 1. The Labute approximate surface area is 216 Å². The molecule has 0 saturated carbocycles. The van der Waals surface area contributed by atoms with Gasteiger partial charge in [-0.1, -0.05) is 96.1 Å². The lowest BCUT2D eigenvalue weighted by molar-refractivity contribution is 0.454. The first-order chi connectivity index (χ1) is 18.1. The molecule has 0 radical (unpaired) electrons. The summed E-state index contributed by atoms with van der Waals surface area (Å²) in [5.41, 5.74) is 10.6. The third-order valence-corrected chi connectivity index (χ3v) is 7.91. The quantitative estimate of drug-likeness (QED) is 0.284. The number of rotatable bonds is 4. The molecule has 1 aromatic heterocycles. The second kappa shape index (κ2) is 8.12. The van der Waals surface area contributed by atoms with Crippen LogP contribution in [0.3, 0.4) is 0 Å². The van der Waals surface area contributed by atoms with Crippen LogP contribution in [0.25, 0.3) is 27.5 Å². The van der Waals surface area contributed by atoms with Gasteiger partial charge in [-0.2, -0.15) is 0 Å². The Balaban J connectivity index is 1.70. The molecule has 0 fully saturated rings. The Bertz CT molecular complexity index is 1750. The van der Waals surface area contributed by atoms with Crippen molar-refractivity contribution in [2.24, 2.45) is 0 Å². The van der Waals surface area contributed by atoms with E-state index in [-0.39, 0.29) is 7.69 Å². The molecule has 5 aromatic carbocycles. The van der Waals surface area contributed by atoms with Crippen molar-refractivity contribution in [2.45, 2.75) is 19.3 Å². The molecule has 37 heavy (non-hydrogen) atoms. The fourth-order valence-electron chi connectivity index (χ4n) is 6.29. The zero-order valence-corrected chi connectivity index (χ0v) is 20.9. The van der Waals surface area contributed by atoms with Crippen LogP contribution in [0, 0.1) is 13.8 Å². The highest BCUT2D eigenvalue weighted by atomic mass is 16.5. The first-order valence-electron chi connectivity index (χ1n) is 12.7. The lowest BCUT2D eigenvalue weighted by atomic mass is 9.63. The van der Waals surface area contributed by atoms with E-state index in [2.05, 4.69) is 115 Å². The normalized spacial score (nSPS) is 13.5. The maximum absolute atomic E-state index is 9.37. The summed E-state index contributed by atoms with van der Waals surface area (Å²) in [4.78, 5) is 0. The molecule has 1 N–H and O–H groups in total. The lowest BCUT2D eigenvalue weighted by Gasteiger charge is -2.41. The van der Waals surface area contributed by atoms with E-state index >= 15 is 0 Å². The van der Waals surface area contributed by atoms with E-state index in [9.17, 15) is 5.02 Å². The molecule has 0 spiro atoms. The Morgan fingerprint density at radius 2 is 1.32 bits per heavy atom. The molecule has 1 aliphatic heterocycles. The van der Waals surface area contributed by atoms with Crippen molar-refractivity contribution in [3.63, 3.8) is 0 Å². The number of hydrogen-bond acceptors (Lipinski definition) is 2. The van der Waals surface area contributed by atoms with Crippen LogP contribution in [-0.2, 0) is 5.41 Å². The predicted octanol–water partition coefficient (Wildman–Crippen LogP) is 6.73. The monoisotopic (exact) mass is 479 g/mol. The first-order valence-corrected chi connectivity index (χ1v) is 12.7. The van der Waals surface area contributed by atoms with Crippen molar-refractivity contribution in [1.29, 1.82) is 0 Å². The fourth-order valence-corrected chi connectivity index (χ4v) is 6.29. The van der Waals surface area contributed by atoms with Crippen LogP contribution in [0.4, 0.5) is 0 Å². The van der Waals surface area contributed by atoms with Gasteiger partial charge in [0.15, 0.2) is 0 Å². The van der Waals surface area contributed by atoms with Gasteiger partial charge in [-0.25, -0.2) is 0 Å². The second-order valence-electron chi connectivity index (χ2n) is 9.99. The highest BCUT2D eigenvalue weighted by Crippen LogP contribution is 2.54. The average Bonchev–Trinajstić information content (AvgIpc) is 3.26. The molecular formula is C33H26BNO2. The molecule has 0 atom stereocenters. The van der Waals surface area contributed by atoms with Gasteiger partial charge in [-0.3, -0.25) is 0 Å². The van der Waals surface area contributed by atoms with E-state index in [4.69, 9.17) is 4.65 Å². The smallest absolute Gasteiger partial charge is 0.504 e. The van der Waals surface area contributed by atoms with Crippen molar-refractivity contribution in [1.82, 2.24) is 4.57 Å². The lowest BCUT2D eigenvalue weighted by Crippen LogP contribution is -2.35. The standard InChI is InChI=1S/C33H26BNO2/c1-21-10-14-23(15-11-21)33(24-16-12-22(2)13-17-24)28-7-3-4-9-31(28)35-30-19-18-25(37-34-36)20-27(30)26-6-5-8-29(33)32(26)35/h3-20,34,36H,1-2H3. The van der Waals surface area contributed by atoms with Gasteiger partial charge in [-0.15, -0.1) is 0 Å². The first kappa shape index (κ1) is 22.0. The molecule has 7 rings (SSSR count). The Kier molecular flexibility index (Phi) is 4.82. The molecule has 0 aliphatic carbocycles. The van der Waals surface area contributed by atoms with Crippen LogP contribution >= 0.6 is 0 Å². The summed E-state index contributed by atoms with van der Waals surface area (Å²) in [7, 11) is -0.345. The van der Waals surface area contributed by atoms with E-state index < -0.39 is 5.41 Å². The molecule has 178 valence electrons. The van der Waals surface area contributed by atoms with Crippen LogP contribution in [0.1, 0.15) is 33.4 Å². The number of fused-ring (bicyclic) bond motifs is 5. The van der Waals surface area contributed by atoms with Crippen molar-refractivity contribution >= 4 is 29.5 Å². The zero-order valence-electron chi connectivity index (χ0n) is 20.9. The van der Waals surface area contributed by atoms with E-state index in [0.29, 0.717) is 5.75 Å². The van der Waals surface area contributed by atoms with Gasteiger partial charge in [0.2, 0.25) is 0 Å². The number of para-hydroxylation sites is 2. The summed E-state index contributed by atoms with van der Waals surface area (Å²) in [5, 5.41) is 11.7. The molecule has 2 heterocycles. The molecule has 0 saturated heterocycles. The van der Waals surface area contributed by atoms with Gasteiger partial charge in [0.25, 0.3) is 0 Å². The van der Waals surface area contributed by atoms with Crippen molar-refractivity contribution in [2.75, 3.05) is 0 Å². The van der Waals surface area contributed by atoms with Gasteiger partial charge in [0, 0.05) is 10.8 Å². The summed E-state index contributed by atoms with van der Waals surface area (Å²) >= 11 is 0. The number of hydrogen-bond donors (Lipinski definition) is 1. The van der Waals surface area contributed by atoms with Crippen LogP contribution in [0.5, 0.6) is 5.75 Å². The molecule has 0 bridgehead atoms.